The van der Waals surface area contributed by atoms with Gasteiger partial charge in [-0.3, -0.25) is 14.6 Å². The van der Waals surface area contributed by atoms with Gasteiger partial charge in [0.25, 0.3) is 5.56 Å². The first-order chi connectivity index (χ1) is 19.5. The number of hydrogen-bond acceptors (Lipinski definition) is 10. The van der Waals surface area contributed by atoms with Crippen LogP contribution in [-0.4, -0.2) is 40.4 Å². The van der Waals surface area contributed by atoms with Crippen LogP contribution in [0.4, 0.5) is 5.82 Å². The third-order valence-corrected chi connectivity index (χ3v) is 7.16. The van der Waals surface area contributed by atoms with Crippen LogP contribution in [0.1, 0.15) is 21.3 Å². The zero-order valence-corrected chi connectivity index (χ0v) is 22.2. The molecule has 6 heterocycles. The molecule has 0 saturated heterocycles. The van der Waals surface area contributed by atoms with Gasteiger partial charge in [0.1, 0.15) is 17.3 Å². The Labute approximate surface area is 235 Å². The van der Waals surface area contributed by atoms with E-state index in [1.807, 2.05) is 18.2 Å². The maximum Gasteiger partial charge on any atom is 0.318 e. The van der Waals surface area contributed by atoms with E-state index in [1.165, 1.54) is 28.2 Å². The summed E-state index contributed by atoms with van der Waals surface area (Å²) in [6.45, 7) is 0.534. The summed E-state index contributed by atoms with van der Waals surface area (Å²) >= 11 is 7.50. The van der Waals surface area contributed by atoms with Crippen LogP contribution in [0, 0.1) is 0 Å². The smallest absolute Gasteiger partial charge is 0.318 e. The first kappa shape index (κ1) is 25.3. The fraction of sp³-hybridized carbons (Fsp3) is 0.0741. The van der Waals surface area contributed by atoms with Crippen molar-refractivity contribution in [2.75, 3.05) is 5.32 Å². The molecule has 0 aliphatic rings. The number of aromatic nitrogens is 7. The standard InChI is InChI=1S/C27H19ClN8O3S/c28-23-3-2-19(40-23)14-32-25-13-21(34-36(25)27(38)22-6-11-33-39-22)20-12-18(17-4-9-29-10-5-17)15-35(26(20)37)16-24-30-7-1-8-31-24/h1-13,15,32H,14,16H2. The molecular formula is C27H19ClN8O3S. The molecule has 6 aromatic rings. The van der Waals surface area contributed by atoms with Crippen molar-refractivity contribution in [3.63, 3.8) is 0 Å². The number of carbonyl (C=O) groups is 1. The fourth-order valence-electron chi connectivity index (χ4n) is 4.05. The van der Waals surface area contributed by atoms with Crippen molar-refractivity contribution in [2.45, 2.75) is 13.1 Å². The maximum atomic E-state index is 13.8. The summed E-state index contributed by atoms with van der Waals surface area (Å²) in [5.74, 6) is 0.304. The van der Waals surface area contributed by atoms with E-state index < -0.39 is 5.91 Å². The molecule has 0 fully saturated rings. The molecule has 0 amide bonds. The van der Waals surface area contributed by atoms with Crippen LogP contribution >= 0.6 is 22.9 Å². The minimum atomic E-state index is -0.543. The van der Waals surface area contributed by atoms with Crippen LogP contribution in [-0.2, 0) is 13.1 Å². The SMILES string of the molecule is O=C(c1ccno1)n1nc(-c2cc(-c3ccncc3)cn(Cc3ncccn3)c2=O)cc1NCc1ccc(Cl)s1. The molecule has 0 spiro atoms. The Morgan fingerprint density at radius 3 is 2.55 bits per heavy atom. The van der Waals surface area contributed by atoms with Gasteiger partial charge >= 0.3 is 5.91 Å². The van der Waals surface area contributed by atoms with Gasteiger partial charge in [-0.1, -0.05) is 16.8 Å². The lowest BCUT2D eigenvalue weighted by Gasteiger charge is -2.11. The molecule has 1 N–H and O–H groups in total. The number of halogens is 1. The summed E-state index contributed by atoms with van der Waals surface area (Å²) in [5.41, 5.74) is 1.87. The molecule has 0 saturated carbocycles. The van der Waals surface area contributed by atoms with Gasteiger partial charge in [0.15, 0.2) is 0 Å². The van der Waals surface area contributed by atoms with Gasteiger partial charge in [-0.05, 0) is 47.5 Å². The van der Waals surface area contributed by atoms with Gasteiger partial charge in [0.05, 0.1) is 29.2 Å². The van der Waals surface area contributed by atoms with Crippen molar-refractivity contribution >= 4 is 34.7 Å². The first-order valence-electron chi connectivity index (χ1n) is 12.0. The molecule has 0 unspecified atom stereocenters. The van der Waals surface area contributed by atoms with Crippen molar-refractivity contribution in [3.8, 4) is 22.4 Å². The lowest BCUT2D eigenvalue weighted by molar-refractivity contribution is 0.0911. The number of anilines is 1. The second kappa shape index (κ2) is 11.0. The van der Waals surface area contributed by atoms with Crippen LogP contribution in [0.25, 0.3) is 22.4 Å². The summed E-state index contributed by atoms with van der Waals surface area (Å²) in [7, 11) is 0. The van der Waals surface area contributed by atoms with Crippen LogP contribution in [0.15, 0.2) is 95.0 Å². The summed E-state index contributed by atoms with van der Waals surface area (Å²) in [4.78, 5) is 40.6. The molecule has 0 atom stereocenters. The molecule has 6 rings (SSSR count). The molecule has 0 bridgehead atoms. The van der Waals surface area contributed by atoms with E-state index in [4.69, 9.17) is 16.1 Å². The highest BCUT2D eigenvalue weighted by Gasteiger charge is 2.22. The maximum absolute atomic E-state index is 13.8. The molecular weight excluding hydrogens is 552 g/mol. The average molecular weight is 571 g/mol. The van der Waals surface area contributed by atoms with Crippen molar-refractivity contribution in [1.82, 2.24) is 34.5 Å². The molecule has 6 aromatic heterocycles. The van der Waals surface area contributed by atoms with E-state index in [1.54, 1.807) is 55.2 Å². The van der Waals surface area contributed by atoms with Crippen LogP contribution in [0.5, 0.6) is 0 Å². The fourth-order valence-corrected chi connectivity index (χ4v) is 5.08. The largest absolute Gasteiger partial charge is 0.365 e. The first-order valence-corrected chi connectivity index (χ1v) is 13.2. The summed E-state index contributed by atoms with van der Waals surface area (Å²) in [5, 5.41) is 11.4. The molecule has 13 heteroatoms. The Morgan fingerprint density at radius 1 is 1.00 bits per heavy atom. The molecule has 11 nitrogen and oxygen atoms in total. The number of nitrogens with zero attached hydrogens (tertiary/aromatic N) is 7. The quantitative estimate of drug-likeness (QED) is 0.278. The van der Waals surface area contributed by atoms with Crippen molar-refractivity contribution < 1.29 is 9.32 Å². The molecule has 0 aliphatic heterocycles. The summed E-state index contributed by atoms with van der Waals surface area (Å²) < 4.78 is 8.42. The van der Waals surface area contributed by atoms with Gasteiger partial charge < -0.3 is 14.4 Å². The average Bonchev–Trinajstić information content (AvgIpc) is 3.75. The van der Waals surface area contributed by atoms with E-state index >= 15 is 0 Å². The van der Waals surface area contributed by atoms with Crippen molar-refractivity contribution in [1.29, 1.82) is 0 Å². The predicted octanol–water partition coefficient (Wildman–Crippen LogP) is 4.62. The number of rotatable bonds is 8. The van der Waals surface area contributed by atoms with Crippen LogP contribution < -0.4 is 10.9 Å². The van der Waals surface area contributed by atoms with Gasteiger partial charge in [0.2, 0.25) is 5.76 Å². The van der Waals surface area contributed by atoms with Crippen molar-refractivity contribution in [2.24, 2.45) is 0 Å². The van der Waals surface area contributed by atoms with E-state index in [2.05, 4.69) is 30.5 Å². The Morgan fingerprint density at radius 2 is 1.82 bits per heavy atom. The zero-order chi connectivity index (χ0) is 27.5. The lowest BCUT2D eigenvalue weighted by atomic mass is 10.1. The Hall–Kier alpha value is -4.94. The molecule has 0 aromatic carbocycles. The van der Waals surface area contributed by atoms with E-state index in [9.17, 15) is 9.59 Å². The molecule has 0 radical (unpaired) electrons. The van der Waals surface area contributed by atoms with Crippen molar-refractivity contribution in [3.05, 3.63) is 117 Å². The monoisotopic (exact) mass is 570 g/mol. The topological polar surface area (TPSA) is 134 Å². The highest BCUT2D eigenvalue weighted by atomic mass is 35.5. The van der Waals surface area contributed by atoms with Crippen LogP contribution in [0.2, 0.25) is 4.34 Å². The molecule has 40 heavy (non-hydrogen) atoms. The Balaban J connectivity index is 1.46. The predicted molar refractivity (Wildman–Crippen MR) is 149 cm³/mol. The third-order valence-electron chi connectivity index (χ3n) is 5.93. The normalized spacial score (nSPS) is 11.0. The van der Waals surface area contributed by atoms with E-state index in [0.717, 1.165) is 20.7 Å². The Bertz CT molecular complexity index is 1830. The van der Waals surface area contributed by atoms with Gasteiger partial charge in [-0.2, -0.15) is 9.78 Å². The number of nitrogens with one attached hydrogen (secondary N) is 1. The molecule has 0 aliphatic carbocycles. The molecule has 198 valence electrons. The highest BCUT2D eigenvalue weighted by Crippen LogP contribution is 2.27. The zero-order valence-electron chi connectivity index (χ0n) is 20.6. The van der Waals surface area contributed by atoms with E-state index in [-0.39, 0.29) is 23.4 Å². The number of thiophene rings is 1. The second-order valence-electron chi connectivity index (χ2n) is 8.54. The number of pyridine rings is 2. The minimum Gasteiger partial charge on any atom is -0.365 e. The number of hydrogen-bond donors (Lipinski definition) is 1. The van der Waals surface area contributed by atoms with Gasteiger partial charge in [-0.15, -0.1) is 11.3 Å². The minimum absolute atomic E-state index is 0.000964. The summed E-state index contributed by atoms with van der Waals surface area (Å²) in [6, 6.07) is 13.9. The second-order valence-corrected chi connectivity index (χ2v) is 10.3. The number of carbonyl (C=O) groups excluding carboxylic acids is 1. The van der Waals surface area contributed by atoms with Gasteiger partial charge in [0, 0.05) is 48.0 Å². The van der Waals surface area contributed by atoms with Crippen LogP contribution in [0.3, 0.4) is 0 Å². The lowest BCUT2D eigenvalue weighted by Crippen LogP contribution is -2.23. The highest BCUT2D eigenvalue weighted by molar-refractivity contribution is 7.16. The Kier molecular flexibility index (Phi) is 7.00. The summed E-state index contributed by atoms with van der Waals surface area (Å²) in [6.07, 6.45) is 9.71. The third kappa shape index (κ3) is 5.30. The van der Waals surface area contributed by atoms with E-state index in [0.29, 0.717) is 28.2 Å². The van der Waals surface area contributed by atoms with Gasteiger partial charge in [-0.25, -0.2) is 9.97 Å².